The van der Waals surface area contributed by atoms with Gasteiger partial charge in [0.15, 0.2) is 0 Å². The number of amides is 1. The van der Waals surface area contributed by atoms with Gasteiger partial charge in [0.05, 0.1) is 12.2 Å². The molecule has 0 aliphatic carbocycles. The Kier molecular flexibility index (Phi) is 5.92. The SMILES string of the molecule is COCCN(Cc1ccncc1)C(=O)c1cccc(C(F)(F)F)c1. The van der Waals surface area contributed by atoms with Crippen LogP contribution in [0.15, 0.2) is 48.8 Å². The van der Waals surface area contributed by atoms with Crippen molar-refractivity contribution in [3.8, 4) is 0 Å². The van der Waals surface area contributed by atoms with Gasteiger partial charge in [0.25, 0.3) is 5.91 Å². The van der Waals surface area contributed by atoms with E-state index in [2.05, 4.69) is 4.98 Å². The second-order valence-electron chi connectivity index (χ2n) is 5.15. The molecule has 1 aromatic heterocycles. The Morgan fingerprint density at radius 1 is 1.21 bits per heavy atom. The maximum atomic E-state index is 12.8. The number of carbonyl (C=O) groups is 1. The Morgan fingerprint density at radius 3 is 2.54 bits per heavy atom. The second-order valence-corrected chi connectivity index (χ2v) is 5.15. The second kappa shape index (κ2) is 7.92. The van der Waals surface area contributed by atoms with Crippen LogP contribution < -0.4 is 0 Å². The summed E-state index contributed by atoms with van der Waals surface area (Å²) >= 11 is 0. The van der Waals surface area contributed by atoms with Gasteiger partial charge < -0.3 is 9.64 Å². The fraction of sp³-hybridized carbons (Fsp3) is 0.294. The summed E-state index contributed by atoms with van der Waals surface area (Å²) in [4.78, 5) is 18.0. The lowest BCUT2D eigenvalue weighted by atomic mass is 10.1. The van der Waals surface area contributed by atoms with Crippen LogP contribution in [0.1, 0.15) is 21.5 Å². The van der Waals surface area contributed by atoms with E-state index in [1.165, 1.54) is 24.1 Å². The highest BCUT2D eigenvalue weighted by Gasteiger charge is 2.31. The molecule has 0 saturated heterocycles. The molecule has 0 fully saturated rings. The molecule has 0 bridgehead atoms. The number of benzene rings is 1. The molecule has 0 spiro atoms. The number of nitrogens with zero attached hydrogens (tertiary/aromatic N) is 2. The number of alkyl halides is 3. The average Bonchev–Trinajstić information content (AvgIpc) is 2.58. The van der Waals surface area contributed by atoms with E-state index in [9.17, 15) is 18.0 Å². The highest BCUT2D eigenvalue weighted by atomic mass is 19.4. The van der Waals surface area contributed by atoms with Gasteiger partial charge in [-0.05, 0) is 35.9 Å². The van der Waals surface area contributed by atoms with E-state index < -0.39 is 17.6 Å². The van der Waals surface area contributed by atoms with Crippen LogP contribution in [0.4, 0.5) is 13.2 Å². The van der Waals surface area contributed by atoms with Crippen molar-refractivity contribution in [2.45, 2.75) is 12.7 Å². The first kappa shape index (κ1) is 17.9. The van der Waals surface area contributed by atoms with E-state index in [4.69, 9.17) is 4.74 Å². The minimum atomic E-state index is -4.49. The number of aromatic nitrogens is 1. The molecule has 0 radical (unpaired) electrons. The third kappa shape index (κ3) is 4.79. The summed E-state index contributed by atoms with van der Waals surface area (Å²) in [6.07, 6.45) is -1.30. The summed E-state index contributed by atoms with van der Waals surface area (Å²) in [6.45, 7) is 0.824. The number of pyridine rings is 1. The summed E-state index contributed by atoms with van der Waals surface area (Å²) in [5.74, 6) is -0.477. The molecule has 0 N–H and O–H groups in total. The van der Waals surface area contributed by atoms with Crippen LogP contribution in [0.3, 0.4) is 0 Å². The molecule has 0 aliphatic rings. The molecular weight excluding hydrogens is 321 g/mol. The zero-order valence-corrected chi connectivity index (χ0v) is 13.1. The summed E-state index contributed by atoms with van der Waals surface area (Å²) < 4.78 is 43.5. The largest absolute Gasteiger partial charge is 0.416 e. The third-order valence-corrected chi connectivity index (χ3v) is 3.41. The van der Waals surface area contributed by atoms with E-state index in [0.29, 0.717) is 0 Å². The molecule has 2 rings (SSSR count). The van der Waals surface area contributed by atoms with E-state index in [-0.39, 0.29) is 25.3 Å². The lowest BCUT2D eigenvalue weighted by Gasteiger charge is -2.23. The van der Waals surface area contributed by atoms with Gasteiger partial charge in [-0.3, -0.25) is 9.78 Å². The number of hydrogen-bond acceptors (Lipinski definition) is 3. The molecule has 128 valence electrons. The molecule has 2 aromatic rings. The number of rotatable bonds is 6. The number of carbonyl (C=O) groups excluding carboxylic acids is 1. The van der Waals surface area contributed by atoms with Crippen LogP contribution in [-0.2, 0) is 17.5 Å². The predicted octanol–water partition coefficient (Wildman–Crippen LogP) is 3.39. The Bertz CT molecular complexity index is 675. The van der Waals surface area contributed by atoms with Crippen molar-refractivity contribution in [2.24, 2.45) is 0 Å². The molecule has 0 saturated carbocycles. The summed E-state index contributed by atoms with van der Waals surface area (Å²) in [5, 5.41) is 0. The van der Waals surface area contributed by atoms with Crippen molar-refractivity contribution in [3.63, 3.8) is 0 Å². The van der Waals surface area contributed by atoms with Gasteiger partial charge in [-0.1, -0.05) is 6.07 Å². The van der Waals surface area contributed by atoms with Crippen molar-refractivity contribution in [3.05, 3.63) is 65.5 Å². The maximum absolute atomic E-state index is 12.8. The lowest BCUT2D eigenvalue weighted by Crippen LogP contribution is -2.33. The molecular formula is C17H17F3N2O2. The standard InChI is InChI=1S/C17H17F3N2O2/c1-24-10-9-22(12-13-5-7-21-8-6-13)16(23)14-3-2-4-15(11-14)17(18,19)20/h2-8,11H,9-10,12H2,1H3. The molecule has 1 aromatic carbocycles. The molecule has 1 heterocycles. The van der Waals surface area contributed by atoms with Crippen LogP contribution in [-0.4, -0.2) is 36.1 Å². The Morgan fingerprint density at radius 2 is 1.92 bits per heavy atom. The summed E-state index contributed by atoms with van der Waals surface area (Å²) in [6, 6.07) is 7.92. The molecule has 4 nitrogen and oxygen atoms in total. The molecule has 1 amide bonds. The number of methoxy groups -OCH3 is 1. The minimum Gasteiger partial charge on any atom is -0.383 e. The van der Waals surface area contributed by atoms with Gasteiger partial charge in [-0.15, -0.1) is 0 Å². The molecule has 0 unspecified atom stereocenters. The maximum Gasteiger partial charge on any atom is 0.416 e. The van der Waals surface area contributed by atoms with Crippen molar-refractivity contribution in [1.82, 2.24) is 9.88 Å². The van der Waals surface area contributed by atoms with Crippen LogP contribution in [0.25, 0.3) is 0 Å². The lowest BCUT2D eigenvalue weighted by molar-refractivity contribution is -0.137. The van der Waals surface area contributed by atoms with Gasteiger partial charge in [0.2, 0.25) is 0 Å². The van der Waals surface area contributed by atoms with E-state index in [1.54, 1.807) is 24.5 Å². The van der Waals surface area contributed by atoms with Crippen LogP contribution >= 0.6 is 0 Å². The fourth-order valence-electron chi connectivity index (χ4n) is 2.17. The zero-order valence-electron chi connectivity index (χ0n) is 13.1. The topological polar surface area (TPSA) is 42.4 Å². The van der Waals surface area contributed by atoms with Gasteiger partial charge in [-0.25, -0.2) is 0 Å². The van der Waals surface area contributed by atoms with Crippen molar-refractivity contribution in [1.29, 1.82) is 0 Å². The highest BCUT2D eigenvalue weighted by molar-refractivity contribution is 5.94. The summed E-state index contributed by atoms with van der Waals surface area (Å²) in [5.41, 5.74) is -0.0136. The van der Waals surface area contributed by atoms with E-state index >= 15 is 0 Å². The van der Waals surface area contributed by atoms with E-state index in [1.807, 2.05) is 0 Å². The van der Waals surface area contributed by atoms with Crippen LogP contribution in [0.2, 0.25) is 0 Å². The van der Waals surface area contributed by atoms with Gasteiger partial charge in [0, 0.05) is 38.2 Å². The first-order valence-electron chi connectivity index (χ1n) is 7.26. The van der Waals surface area contributed by atoms with Crippen molar-refractivity contribution < 1.29 is 22.7 Å². The predicted molar refractivity (Wildman–Crippen MR) is 82.3 cm³/mol. The minimum absolute atomic E-state index is 0.00464. The van der Waals surface area contributed by atoms with Crippen molar-refractivity contribution >= 4 is 5.91 Å². The van der Waals surface area contributed by atoms with Gasteiger partial charge >= 0.3 is 6.18 Å². The van der Waals surface area contributed by atoms with Crippen LogP contribution in [0, 0.1) is 0 Å². The van der Waals surface area contributed by atoms with Crippen molar-refractivity contribution in [2.75, 3.05) is 20.3 Å². The smallest absolute Gasteiger partial charge is 0.383 e. The normalized spacial score (nSPS) is 11.3. The van der Waals surface area contributed by atoms with Crippen LogP contribution in [0.5, 0.6) is 0 Å². The first-order valence-corrected chi connectivity index (χ1v) is 7.26. The van der Waals surface area contributed by atoms with Gasteiger partial charge in [0.1, 0.15) is 0 Å². The molecule has 7 heteroatoms. The number of ether oxygens (including phenoxy) is 1. The Labute approximate surface area is 137 Å². The number of hydrogen-bond donors (Lipinski definition) is 0. The average molecular weight is 338 g/mol. The fourth-order valence-corrected chi connectivity index (χ4v) is 2.17. The molecule has 0 aliphatic heterocycles. The highest BCUT2D eigenvalue weighted by Crippen LogP contribution is 2.29. The molecule has 0 atom stereocenters. The Hall–Kier alpha value is -2.41. The monoisotopic (exact) mass is 338 g/mol. The third-order valence-electron chi connectivity index (χ3n) is 3.41. The first-order chi connectivity index (χ1) is 11.4. The Balaban J connectivity index is 2.24. The summed E-state index contributed by atoms with van der Waals surface area (Å²) in [7, 11) is 1.50. The van der Waals surface area contributed by atoms with Gasteiger partial charge in [-0.2, -0.15) is 13.2 Å². The zero-order chi connectivity index (χ0) is 17.6. The van der Waals surface area contributed by atoms with E-state index in [0.717, 1.165) is 17.7 Å². The molecule has 24 heavy (non-hydrogen) atoms. The number of halogens is 3. The quantitative estimate of drug-likeness (QED) is 0.811.